The van der Waals surface area contributed by atoms with E-state index in [4.69, 9.17) is 5.11 Å². The molecule has 0 spiro atoms. The van der Waals surface area contributed by atoms with Crippen LogP contribution in [0.4, 0.5) is 0 Å². The van der Waals surface area contributed by atoms with Crippen LogP contribution < -0.4 is 0 Å². The summed E-state index contributed by atoms with van der Waals surface area (Å²) in [5.41, 5.74) is 1.84. The molecule has 1 aromatic heterocycles. The molecule has 0 atom stereocenters. The highest BCUT2D eigenvalue weighted by Gasteiger charge is 2.08. The quantitative estimate of drug-likeness (QED) is 0.853. The number of hydrogen-bond acceptors (Lipinski definition) is 4. The maximum absolute atomic E-state index is 10.6. The molecule has 0 fully saturated rings. The lowest BCUT2D eigenvalue weighted by atomic mass is 10.1. The van der Waals surface area contributed by atoms with Gasteiger partial charge in [-0.25, -0.2) is 0 Å². The van der Waals surface area contributed by atoms with Crippen molar-refractivity contribution in [2.24, 2.45) is 0 Å². The molecule has 0 bridgehead atoms. The van der Waals surface area contributed by atoms with Crippen molar-refractivity contribution >= 4 is 5.97 Å². The molecule has 0 unspecified atom stereocenters. The lowest BCUT2D eigenvalue weighted by molar-refractivity contribution is -0.136. The number of carbonyl (C=O) groups is 1. The number of tetrazole rings is 1. The summed E-state index contributed by atoms with van der Waals surface area (Å²) < 4.78 is 1.70. The first kappa shape index (κ1) is 13.2. The average Bonchev–Trinajstić information content (AvgIpc) is 2.85. The molecule has 0 radical (unpaired) electrons. The van der Waals surface area contributed by atoms with E-state index in [-0.39, 0.29) is 6.42 Å². The summed E-state index contributed by atoms with van der Waals surface area (Å²) in [6.07, 6.45) is 2.42. The van der Waals surface area contributed by atoms with Gasteiger partial charge < -0.3 is 5.11 Å². The summed E-state index contributed by atoms with van der Waals surface area (Å²) in [6.45, 7) is 2.07. The van der Waals surface area contributed by atoms with Crippen molar-refractivity contribution in [3.63, 3.8) is 0 Å². The van der Waals surface area contributed by atoms with Crippen LogP contribution in [0.15, 0.2) is 24.3 Å². The van der Waals surface area contributed by atoms with Crippen LogP contribution >= 0.6 is 0 Å². The molecule has 0 amide bonds. The number of aromatic nitrogens is 4. The van der Waals surface area contributed by atoms with E-state index in [1.165, 1.54) is 0 Å². The molecule has 19 heavy (non-hydrogen) atoms. The number of rotatable bonds is 6. The normalized spacial score (nSPS) is 10.6. The Kier molecular flexibility index (Phi) is 4.22. The van der Waals surface area contributed by atoms with Crippen LogP contribution in [0.2, 0.25) is 0 Å². The van der Waals surface area contributed by atoms with Crippen LogP contribution in [0.1, 0.15) is 31.2 Å². The van der Waals surface area contributed by atoms with E-state index in [0.29, 0.717) is 6.42 Å². The third kappa shape index (κ3) is 3.37. The van der Waals surface area contributed by atoms with Crippen molar-refractivity contribution in [1.82, 2.24) is 20.2 Å². The smallest absolute Gasteiger partial charge is 0.303 e. The van der Waals surface area contributed by atoms with Crippen LogP contribution in [0.25, 0.3) is 5.69 Å². The highest BCUT2D eigenvalue weighted by atomic mass is 16.4. The Labute approximate surface area is 111 Å². The first-order valence-electron chi connectivity index (χ1n) is 6.29. The minimum absolute atomic E-state index is 0.126. The Hall–Kier alpha value is -2.24. The zero-order valence-corrected chi connectivity index (χ0v) is 10.8. The summed E-state index contributed by atoms with van der Waals surface area (Å²) >= 11 is 0. The van der Waals surface area contributed by atoms with Gasteiger partial charge in [-0.2, -0.15) is 4.68 Å². The largest absolute Gasteiger partial charge is 0.481 e. The van der Waals surface area contributed by atoms with E-state index >= 15 is 0 Å². The van der Waals surface area contributed by atoms with Crippen molar-refractivity contribution in [2.45, 2.75) is 32.6 Å². The van der Waals surface area contributed by atoms with Gasteiger partial charge in [-0.3, -0.25) is 4.79 Å². The van der Waals surface area contributed by atoms with Crippen LogP contribution in [0.5, 0.6) is 0 Å². The third-order valence-electron chi connectivity index (χ3n) is 2.79. The second kappa shape index (κ2) is 6.08. The Balaban J connectivity index is 2.22. The van der Waals surface area contributed by atoms with E-state index < -0.39 is 5.97 Å². The molecule has 0 saturated carbocycles. The Morgan fingerprint density at radius 1 is 1.37 bits per heavy atom. The Morgan fingerprint density at radius 3 is 2.95 bits per heavy atom. The maximum Gasteiger partial charge on any atom is 0.303 e. The molecule has 1 heterocycles. The molecule has 1 aromatic carbocycles. The topological polar surface area (TPSA) is 80.9 Å². The molecule has 1 N–H and O–H groups in total. The van der Waals surface area contributed by atoms with Gasteiger partial charge in [0, 0.05) is 12.8 Å². The number of nitrogens with zero attached hydrogens (tertiary/aromatic N) is 4. The molecule has 0 aliphatic rings. The summed E-state index contributed by atoms with van der Waals surface area (Å²) in [5, 5.41) is 20.4. The zero-order valence-electron chi connectivity index (χ0n) is 10.8. The number of carboxylic acid groups (broad SMARTS) is 1. The van der Waals surface area contributed by atoms with E-state index in [1.54, 1.807) is 4.68 Å². The highest BCUT2D eigenvalue weighted by Crippen LogP contribution is 2.13. The first-order valence-corrected chi connectivity index (χ1v) is 6.29. The number of aliphatic carboxylic acids is 1. The number of hydrogen-bond donors (Lipinski definition) is 1. The molecule has 100 valence electrons. The van der Waals surface area contributed by atoms with Gasteiger partial charge in [-0.1, -0.05) is 19.1 Å². The summed E-state index contributed by atoms with van der Waals surface area (Å²) in [7, 11) is 0. The molecule has 6 heteroatoms. The van der Waals surface area contributed by atoms with Gasteiger partial charge in [0.1, 0.15) is 0 Å². The molecular formula is C13H16N4O2. The van der Waals surface area contributed by atoms with E-state index in [0.717, 1.165) is 29.9 Å². The predicted molar refractivity (Wildman–Crippen MR) is 69.1 cm³/mol. The predicted octanol–water partition coefficient (Wildman–Crippen LogP) is 1.63. The van der Waals surface area contributed by atoms with Gasteiger partial charge in [0.15, 0.2) is 5.82 Å². The summed E-state index contributed by atoms with van der Waals surface area (Å²) in [5.74, 6) is 0.0254. The van der Waals surface area contributed by atoms with Crippen LogP contribution in [0, 0.1) is 0 Å². The second-order valence-corrected chi connectivity index (χ2v) is 4.32. The monoisotopic (exact) mass is 260 g/mol. The molecule has 0 aliphatic carbocycles. The molecule has 2 aromatic rings. The fourth-order valence-electron chi connectivity index (χ4n) is 1.88. The number of aryl methyl sites for hydroxylation is 2. The van der Waals surface area contributed by atoms with Crippen molar-refractivity contribution in [1.29, 1.82) is 0 Å². The molecule has 0 saturated heterocycles. The van der Waals surface area contributed by atoms with Gasteiger partial charge in [0.05, 0.1) is 5.69 Å². The van der Waals surface area contributed by atoms with Gasteiger partial charge in [0.2, 0.25) is 0 Å². The minimum Gasteiger partial charge on any atom is -0.481 e. The van der Waals surface area contributed by atoms with E-state index in [9.17, 15) is 4.79 Å². The maximum atomic E-state index is 10.6. The van der Waals surface area contributed by atoms with E-state index in [2.05, 4.69) is 22.4 Å². The molecular weight excluding hydrogens is 244 g/mol. The summed E-state index contributed by atoms with van der Waals surface area (Å²) in [4.78, 5) is 10.6. The van der Waals surface area contributed by atoms with Gasteiger partial charge in [0.25, 0.3) is 0 Å². The van der Waals surface area contributed by atoms with Crippen LogP contribution in [0.3, 0.4) is 0 Å². The Bertz CT molecular complexity index is 565. The van der Waals surface area contributed by atoms with Crippen LogP contribution in [-0.2, 0) is 17.6 Å². The lowest BCUT2D eigenvalue weighted by Gasteiger charge is -2.06. The van der Waals surface area contributed by atoms with Crippen molar-refractivity contribution in [3.8, 4) is 5.69 Å². The number of benzene rings is 1. The zero-order chi connectivity index (χ0) is 13.7. The lowest BCUT2D eigenvalue weighted by Crippen LogP contribution is -2.04. The van der Waals surface area contributed by atoms with Gasteiger partial charge >= 0.3 is 5.97 Å². The van der Waals surface area contributed by atoms with Gasteiger partial charge in [-0.05, 0) is 41.0 Å². The molecule has 0 aliphatic heterocycles. The van der Waals surface area contributed by atoms with Crippen LogP contribution in [-0.4, -0.2) is 31.3 Å². The standard InChI is InChI=1S/C13H16N4O2/c1-2-4-12-14-15-16-17(12)11-6-3-5-10(9-11)7-8-13(18)19/h3,5-6,9H,2,4,7-8H2,1H3,(H,18,19). The highest BCUT2D eigenvalue weighted by molar-refractivity contribution is 5.67. The first-order chi connectivity index (χ1) is 9.20. The Morgan fingerprint density at radius 2 is 2.21 bits per heavy atom. The fraction of sp³-hybridized carbons (Fsp3) is 0.385. The molecule has 6 nitrogen and oxygen atoms in total. The van der Waals surface area contributed by atoms with Crippen molar-refractivity contribution < 1.29 is 9.90 Å². The third-order valence-corrected chi connectivity index (χ3v) is 2.79. The molecule has 2 rings (SSSR count). The van der Waals surface area contributed by atoms with Crippen molar-refractivity contribution in [3.05, 3.63) is 35.7 Å². The van der Waals surface area contributed by atoms with E-state index in [1.807, 2.05) is 24.3 Å². The number of carboxylic acids is 1. The van der Waals surface area contributed by atoms with Crippen molar-refractivity contribution in [2.75, 3.05) is 0 Å². The second-order valence-electron chi connectivity index (χ2n) is 4.32. The SMILES string of the molecule is CCCc1nnnn1-c1cccc(CCC(=O)O)c1. The fourth-order valence-corrected chi connectivity index (χ4v) is 1.88. The van der Waals surface area contributed by atoms with Gasteiger partial charge in [-0.15, -0.1) is 5.10 Å². The minimum atomic E-state index is -0.792. The average molecular weight is 260 g/mol. The summed E-state index contributed by atoms with van der Waals surface area (Å²) in [6, 6.07) is 7.65.